The Morgan fingerprint density at radius 3 is 2.59 bits per heavy atom. The topological polar surface area (TPSA) is 151 Å². The molecular formula is C29H33N7O3. The molecule has 1 amide bonds. The van der Waals surface area contributed by atoms with Gasteiger partial charge in [-0.25, -0.2) is 19.7 Å². The fraction of sp³-hybridized carbons (Fsp3) is 0.310. The molecular weight excluding hydrogens is 494 g/mol. The fourth-order valence-electron chi connectivity index (χ4n) is 4.93. The van der Waals surface area contributed by atoms with Crippen LogP contribution in [0.4, 0.5) is 0 Å². The fourth-order valence-corrected chi connectivity index (χ4v) is 4.93. The van der Waals surface area contributed by atoms with Gasteiger partial charge in [-0.1, -0.05) is 18.2 Å². The van der Waals surface area contributed by atoms with Gasteiger partial charge in [0.2, 0.25) is 5.91 Å². The zero-order valence-electron chi connectivity index (χ0n) is 22.2. The first-order valence-electron chi connectivity index (χ1n) is 12.9. The number of nitrogens with one attached hydrogen (secondary N) is 1. The molecule has 1 aliphatic carbocycles. The number of pyridine rings is 1. The zero-order chi connectivity index (χ0) is 27.8. The number of aromatic carboxylic acids is 1. The van der Waals surface area contributed by atoms with E-state index >= 15 is 0 Å². The van der Waals surface area contributed by atoms with Gasteiger partial charge in [-0.15, -0.1) is 0 Å². The molecule has 1 atom stereocenters. The number of hydrogen-bond acceptors (Lipinski definition) is 7. The lowest BCUT2D eigenvalue weighted by molar-refractivity contribution is 0.0694. The average Bonchev–Trinajstić information content (AvgIpc) is 3.45. The maximum atomic E-state index is 11.6. The second-order valence-corrected chi connectivity index (χ2v) is 9.54. The number of fused-ring (bicyclic) bond motifs is 1. The summed E-state index contributed by atoms with van der Waals surface area (Å²) in [6.07, 6.45) is 11.1. The lowest BCUT2D eigenvalue weighted by Crippen LogP contribution is -2.33. The maximum absolute atomic E-state index is 11.6. The summed E-state index contributed by atoms with van der Waals surface area (Å²) >= 11 is 0. The number of amides is 1. The number of rotatable bonds is 8. The molecule has 0 aliphatic heterocycles. The lowest BCUT2D eigenvalue weighted by atomic mass is 9.90. The standard InChI is InChI=1S/C22H25N5O.C7H8N2O2/c23-22(28)18-6-1-4-16(12-18)14-27(11-9-19-13-24-15-26-19)20-8-2-5-17-7-3-10-25-21(17)20;1-4-6(7(10)11)5(2)9-3-8-4/h1,3-4,6-7,10,12-13,15,20H,2,5,8-9,11,14H2,(H2,23,28)(H,24,26);3H,1-2H3,(H,10,11). The van der Waals surface area contributed by atoms with Crippen LogP contribution in [-0.4, -0.2) is 53.3 Å². The molecule has 1 unspecified atom stereocenters. The van der Waals surface area contributed by atoms with E-state index in [9.17, 15) is 9.59 Å². The van der Waals surface area contributed by atoms with Crippen molar-refractivity contribution < 1.29 is 14.7 Å². The Morgan fingerprint density at radius 2 is 1.92 bits per heavy atom. The molecule has 39 heavy (non-hydrogen) atoms. The van der Waals surface area contributed by atoms with Gasteiger partial charge in [-0.05, 0) is 62.4 Å². The van der Waals surface area contributed by atoms with E-state index in [1.54, 1.807) is 26.2 Å². The molecule has 3 heterocycles. The summed E-state index contributed by atoms with van der Waals surface area (Å²) in [5.74, 6) is -1.36. The van der Waals surface area contributed by atoms with Gasteiger partial charge in [0.1, 0.15) is 11.9 Å². The summed E-state index contributed by atoms with van der Waals surface area (Å²) < 4.78 is 0. The summed E-state index contributed by atoms with van der Waals surface area (Å²) in [6.45, 7) is 4.93. The van der Waals surface area contributed by atoms with Crippen LogP contribution in [0.1, 0.15) is 73.5 Å². The number of benzene rings is 1. The highest BCUT2D eigenvalue weighted by molar-refractivity contribution is 5.92. The Bertz CT molecular complexity index is 1400. The van der Waals surface area contributed by atoms with Gasteiger partial charge >= 0.3 is 5.97 Å². The van der Waals surface area contributed by atoms with Gasteiger partial charge in [0, 0.05) is 43.2 Å². The highest BCUT2D eigenvalue weighted by Crippen LogP contribution is 2.33. The normalized spacial score (nSPS) is 14.3. The smallest absolute Gasteiger partial charge is 0.339 e. The number of aromatic nitrogens is 5. The van der Waals surface area contributed by atoms with Crippen molar-refractivity contribution in [3.8, 4) is 0 Å². The highest BCUT2D eigenvalue weighted by atomic mass is 16.4. The number of imidazole rings is 1. The van der Waals surface area contributed by atoms with Gasteiger partial charge < -0.3 is 15.8 Å². The van der Waals surface area contributed by atoms with E-state index in [1.807, 2.05) is 30.6 Å². The molecule has 0 fully saturated rings. The third-order valence-electron chi connectivity index (χ3n) is 6.87. The second-order valence-electron chi connectivity index (χ2n) is 9.54. The van der Waals surface area contributed by atoms with Gasteiger partial charge in [-0.3, -0.25) is 14.7 Å². The van der Waals surface area contributed by atoms with E-state index in [2.05, 4.69) is 37.0 Å². The SMILES string of the molecule is Cc1ncnc(C)c1C(=O)O.NC(=O)c1cccc(CN(CCc2cnc[nH]2)C2CCCc3cccnc32)c1. The van der Waals surface area contributed by atoms with Gasteiger partial charge in [0.25, 0.3) is 0 Å². The van der Waals surface area contributed by atoms with Crippen LogP contribution in [0.15, 0.2) is 61.4 Å². The molecule has 202 valence electrons. The largest absolute Gasteiger partial charge is 0.478 e. The minimum atomic E-state index is -0.972. The Hall–Kier alpha value is -4.44. The van der Waals surface area contributed by atoms with Crippen LogP contribution in [0.25, 0.3) is 0 Å². The molecule has 10 nitrogen and oxygen atoms in total. The molecule has 1 aromatic carbocycles. The Kier molecular flexibility index (Phi) is 9.11. The molecule has 0 saturated carbocycles. The van der Waals surface area contributed by atoms with Crippen molar-refractivity contribution in [1.82, 2.24) is 29.8 Å². The molecule has 3 aromatic heterocycles. The number of primary amides is 1. The van der Waals surface area contributed by atoms with E-state index in [-0.39, 0.29) is 11.6 Å². The van der Waals surface area contributed by atoms with Crippen LogP contribution in [0.2, 0.25) is 0 Å². The number of carbonyl (C=O) groups excluding carboxylic acids is 1. The molecule has 0 bridgehead atoms. The minimum absolute atomic E-state index is 0.201. The number of hydrogen-bond donors (Lipinski definition) is 3. The van der Waals surface area contributed by atoms with Crippen molar-refractivity contribution in [3.05, 3.63) is 106 Å². The Morgan fingerprint density at radius 1 is 1.13 bits per heavy atom. The number of carboxylic acids is 1. The van der Waals surface area contributed by atoms with Crippen LogP contribution in [-0.2, 0) is 19.4 Å². The minimum Gasteiger partial charge on any atom is -0.478 e. The van der Waals surface area contributed by atoms with E-state index in [1.165, 1.54) is 17.6 Å². The van der Waals surface area contributed by atoms with Gasteiger partial charge in [-0.2, -0.15) is 0 Å². The first-order chi connectivity index (χ1) is 18.8. The van der Waals surface area contributed by atoms with Crippen LogP contribution in [0.3, 0.4) is 0 Å². The van der Waals surface area contributed by atoms with E-state index in [0.29, 0.717) is 17.0 Å². The zero-order valence-corrected chi connectivity index (χ0v) is 22.2. The summed E-state index contributed by atoms with van der Waals surface area (Å²) in [6, 6.07) is 12.1. The molecule has 1 aliphatic rings. The molecule has 4 N–H and O–H groups in total. The number of H-pyrrole nitrogens is 1. The Balaban J connectivity index is 0.000000270. The molecule has 10 heteroatoms. The lowest BCUT2D eigenvalue weighted by Gasteiger charge is -2.35. The van der Waals surface area contributed by atoms with Gasteiger partial charge in [0.15, 0.2) is 0 Å². The van der Waals surface area contributed by atoms with Crippen LogP contribution < -0.4 is 5.73 Å². The Labute approximate surface area is 227 Å². The number of carboxylic acid groups (broad SMARTS) is 1. The van der Waals surface area contributed by atoms with Crippen molar-refractivity contribution in [3.63, 3.8) is 0 Å². The number of carbonyl (C=O) groups is 2. The summed E-state index contributed by atoms with van der Waals surface area (Å²) in [5.41, 5.74) is 12.0. The third-order valence-corrected chi connectivity index (χ3v) is 6.87. The maximum Gasteiger partial charge on any atom is 0.339 e. The van der Waals surface area contributed by atoms with Crippen molar-refractivity contribution in [2.45, 2.75) is 52.1 Å². The highest BCUT2D eigenvalue weighted by Gasteiger charge is 2.27. The monoisotopic (exact) mass is 527 g/mol. The third kappa shape index (κ3) is 7.11. The number of aromatic amines is 1. The average molecular weight is 528 g/mol. The molecule has 5 rings (SSSR count). The van der Waals surface area contributed by atoms with Crippen LogP contribution >= 0.6 is 0 Å². The summed E-state index contributed by atoms with van der Waals surface area (Å²) in [5, 5.41) is 8.67. The number of nitrogens with two attached hydrogens (primary N) is 1. The predicted molar refractivity (Wildman–Crippen MR) is 146 cm³/mol. The molecule has 4 aromatic rings. The van der Waals surface area contributed by atoms with Crippen molar-refractivity contribution in [2.24, 2.45) is 5.73 Å². The quantitative estimate of drug-likeness (QED) is 0.313. The first-order valence-corrected chi connectivity index (χ1v) is 12.9. The first kappa shape index (κ1) is 27.6. The van der Waals surface area contributed by atoms with Gasteiger partial charge in [0.05, 0.1) is 29.5 Å². The van der Waals surface area contributed by atoms with Crippen LogP contribution in [0, 0.1) is 13.8 Å². The van der Waals surface area contributed by atoms with E-state index < -0.39 is 11.9 Å². The number of nitrogens with zero attached hydrogens (tertiary/aromatic N) is 5. The predicted octanol–water partition coefficient (Wildman–Crippen LogP) is 3.82. The second kappa shape index (κ2) is 12.9. The molecule has 0 saturated heterocycles. The summed E-state index contributed by atoms with van der Waals surface area (Å²) in [4.78, 5) is 44.2. The van der Waals surface area contributed by atoms with Crippen LogP contribution in [0.5, 0.6) is 0 Å². The van der Waals surface area contributed by atoms with Crippen molar-refractivity contribution in [2.75, 3.05) is 6.54 Å². The van der Waals surface area contributed by atoms with Crippen molar-refractivity contribution in [1.29, 1.82) is 0 Å². The number of aryl methyl sites for hydroxylation is 3. The summed E-state index contributed by atoms with van der Waals surface area (Å²) in [7, 11) is 0. The van der Waals surface area contributed by atoms with E-state index in [4.69, 9.17) is 15.8 Å². The molecule has 0 spiro atoms. The van der Waals surface area contributed by atoms with E-state index in [0.717, 1.165) is 50.0 Å². The van der Waals surface area contributed by atoms with Crippen molar-refractivity contribution >= 4 is 11.9 Å². The molecule has 0 radical (unpaired) electrons.